The monoisotopic (exact) mass is 260 g/mol. The van der Waals surface area contributed by atoms with Crippen molar-refractivity contribution in [3.63, 3.8) is 0 Å². The number of rotatable bonds is 4. The maximum absolute atomic E-state index is 13.5. The minimum Gasteiger partial charge on any atom is -0.497 e. The van der Waals surface area contributed by atoms with E-state index >= 15 is 0 Å². The summed E-state index contributed by atoms with van der Waals surface area (Å²) in [5, 5.41) is 0. The molecule has 0 bridgehead atoms. The lowest BCUT2D eigenvalue weighted by atomic mass is 9.97. The Labute approximate surface area is 112 Å². The van der Waals surface area contributed by atoms with Gasteiger partial charge in [-0.1, -0.05) is 18.2 Å². The topological polar surface area (TPSA) is 47.3 Å². The van der Waals surface area contributed by atoms with E-state index in [0.717, 1.165) is 22.4 Å². The van der Waals surface area contributed by atoms with Crippen LogP contribution >= 0.6 is 0 Å². The average Bonchev–Trinajstić information content (AvgIpc) is 2.39. The third-order valence-electron chi connectivity index (χ3n) is 3.01. The zero-order chi connectivity index (χ0) is 13.8. The van der Waals surface area contributed by atoms with Crippen molar-refractivity contribution in [1.82, 2.24) is 5.43 Å². The third-order valence-corrected chi connectivity index (χ3v) is 3.01. The summed E-state index contributed by atoms with van der Waals surface area (Å²) in [4.78, 5) is 0. The maximum Gasteiger partial charge on any atom is 0.123 e. The molecule has 3 N–H and O–H groups in total. The highest BCUT2D eigenvalue weighted by molar-refractivity contribution is 5.37. The Bertz CT molecular complexity index is 534. The number of nitrogens with two attached hydrogens (primary N) is 1. The minimum absolute atomic E-state index is 0.250. The molecule has 2 aromatic carbocycles. The van der Waals surface area contributed by atoms with Crippen molar-refractivity contribution in [3.05, 3.63) is 65.0 Å². The van der Waals surface area contributed by atoms with E-state index in [1.54, 1.807) is 7.11 Å². The van der Waals surface area contributed by atoms with Gasteiger partial charge in [0.15, 0.2) is 0 Å². The first-order valence-electron chi connectivity index (χ1n) is 6.01. The zero-order valence-corrected chi connectivity index (χ0v) is 11.0. The molecular weight excluding hydrogens is 243 g/mol. The van der Waals surface area contributed by atoms with Crippen LogP contribution in [0.1, 0.15) is 22.7 Å². The van der Waals surface area contributed by atoms with Gasteiger partial charge in [0.05, 0.1) is 13.2 Å². The van der Waals surface area contributed by atoms with Gasteiger partial charge >= 0.3 is 0 Å². The van der Waals surface area contributed by atoms with Crippen LogP contribution in [0.4, 0.5) is 4.39 Å². The number of hydrogen-bond donors (Lipinski definition) is 2. The van der Waals surface area contributed by atoms with E-state index in [4.69, 9.17) is 10.6 Å². The van der Waals surface area contributed by atoms with E-state index < -0.39 is 0 Å². The van der Waals surface area contributed by atoms with Crippen LogP contribution in [0, 0.1) is 12.7 Å². The highest BCUT2D eigenvalue weighted by atomic mass is 19.1. The Balaban J connectivity index is 2.37. The molecule has 0 spiro atoms. The van der Waals surface area contributed by atoms with Crippen molar-refractivity contribution >= 4 is 0 Å². The number of hydrogen-bond acceptors (Lipinski definition) is 3. The molecular formula is C15H17FN2O. The van der Waals surface area contributed by atoms with Crippen LogP contribution in [0.25, 0.3) is 0 Å². The number of ether oxygens (including phenoxy) is 1. The molecule has 0 radical (unpaired) electrons. The van der Waals surface area contributed by atoms with E-state index in [2.05, 4.69) is 5.43 Å². The van der Waals surface area contributed by atoms with Crippen LogP contribution in [0.3, 0.4) is 0 Å². The Morgan fingerprint density at radius 3 is 2.32 bits per heavy atom. The van der Waals surface area contributed by atoms with E-state index in [0.29, 0.717) is 0 Å². The Kier molecular flexibility index (Phi) is 4.14. The van der Waals surface area contributed by atoms with E-state index in [1.165, 1.54) is 12.1 Å². The molecule has 0 aliphatic carbocycles. The second-order valence-corrected chi connectivity index (χ2v) is 4.43. The highest BCUT2D eigenvalue weighted by Crippen LogP contribution is 2.24. The summed E-state index contributed by atoms with van der Waals surface area (Å²) >= 11 is 0. The second-order valence-electron chi connectivity index (χ2n) is 4.43. The Hall–Kier alpha value is -1.91. The zero-order valence-electron chi connectivity index (χ0n) is 11.0. The molecule has 100 valence electrons. The largest absolute Gasteiger partial charge is 0.497 e. The molecule has 0 saturated carbocycles. The number of aryl methyl sites for hydroxylation is 1. The maximum atomic E-state index is 13.5. The van der Waals surface area contributed by atoms with Gasteiger partial charge in [0.25, 0.3) is 0 Å². The van der Waals surface area contributed by atoms with Crippen LogP contribution in [0.5, 0.6) is 5.75 Å². The fraction of sp³-hybridized carbons (Fsp3) is 0.200. The molecule has 1 atom stereocenters. The van der Waals surface area contributed by atoms with Gasteiger partial charge < -0.3 is 4.74 Å². The van der Waals surface area contributed by atoms with Crippen LogP contribution in [-0.2, 0) is 0 Å². The quantitative estimate of drug-likeness (QED) is 0.656. The smallest absolute Gasteiger partial charge is 0.123 e. The lowest BCUT2D eigenvalue weighted by Gasteiger charge is -2.18. The standard InChI is InChI=1S/C15H17FN2O/c1-10-7-12(9-13(16)8-10)15(18-17)11-3-5-14(19-2)6-4-11/h3-9,15,18H,17H2,1-2H3. The summed E-state index contributed by atoms with van der Waals surface area (Å²) in [6.45, 7) is 1.86. The van der Waals surface area contributed by atoms with Gasteiger partial charge in [0, 0.05) is 0 Å². The molecule has 0 heterocycles. The molecule has 2 aromatic rings. The van der Waals surface area contributed by atoms with E-state index in [1.807, 2.05) is 37.3 Å². The molecule has 0 saturated heterocycles. The van der Waals surface area contributed by atoms with Crippen LogP contribution < -0.4 is 16.0 Å². The van der Waals surface area contributed by atoms with Crippen molar-refractivity contribution in [1.29, 1.82) is 0 Å². The van der Waals surface area contributed by atoms with E-state index in [-0.39, 0.29) is 11.9 Å². The summed E-state index contributed by atoms with van der Waals surface area (Å²) in [6, 6.07) is 12.2. The SMILES string of the molecule is COc1ccc(C(NN)c2cc(C)cc(F)c2)cc1. The minimum atomic E-state index is -0.260. The van der Waals surface area contributed by atoms with Gasteiger partial charge in [-0.15, -0.1) is 0 Å². The van der Waals surface area contributed by atoms with Gasteiger partial charge in [0.2, 0.25) is 0 Å². The van der Waals surface area contributed by atoms with Crippen LogP contribution in [0.15, 0.2) is 42.5 Å². The van der Waals surface area contributed by atoms with Gasteiger partial charge in [0.1, 0.15) is 11.6 Å². The molecule has 0 aliphatic rings. The number of methoxy groups -OCH3 is 1. The molecule has 0 amide bonds. The average molecular weight is 260 g/mol. The van der Waals surface area contributed by atoms with Gasteiger partial charge in [-0.3, -0.25) is 5.84 Å². The van der Waals surface area contributed by atoms with Crippen molar-refractivity contribution in [3.8, 4) is 5.75 Å². The summed E-state index contributed by atoms with van der Waals surface area (Å²) in [7, 11) is 1.61. The number of hydrazine groups is 1. The molecule has 0 fully saturated rings. The second kappa shape index (κ2) is 5.82. The van der Waals surface area contributed by atoms with E-state index in [9.17, 15) is 4.39 Å². The third kappa shape index (κ3) is 3.10. The van der Waals surface area contributed by atoms with Gasteiger partial charge in [-0.05, 0) is 47.9 Å². The molecule has 2 rings (SSSR count). The first kappa shape index (κ1) is 13.5. The van der Waals surface area contributed by atoms with Gasteiger partial charge in [-0.2, -0.15) is 0 Å². The summed E-state index contributed by atoms with van der Waals surface area (Å²) in [5.41, 5.74) is 5.33. The molecule has 4 heteroatoms. The molecule has 3 nitrogen and oxygen atoms in total. The summed E-state index contributed by atoms with van der Waals surface area (Å²) < 4.78 is 18.6. The van der Waals surface area contributed by atoms with Crippen LogP contribution in [0.2, 0.25) is 0 Å². The molecule has 0 aliphatic heterocycles. The fourth-order valence-electron chi connectivity index (χ4n) is 2.11. The van der Waals surface area contributed by atoms with Crippen LogP contribution in [-0.4, -0.2) is 7.11 Å². The van der Waals surface area contributed by atoms with Crippen molar-refractivity contribution < 1.29 is 9.13 Å². The lowest BCUT2D eigenvalue weighted by molar-refractivity contribution is 0.414. The number of nitrogens with one attached hydrogen (secondary N) is 1. The molecule has 19 heavy (non-hydrogen) atoms. The van der Waals surface area contributed by atoms with Gasteiger partial charge in [-0.25, -0.2) is 9.82 Å². The predicted octanol–water partition coefficient (Wildman–Crippen LogP) is 2.70. The molecule has 1 unspecified atom stereocenters. The predicted molar refractivity (Wildman–Crippen MR) is 73.3 cm³/mol. The fourth-order valence-corrected chi connectivity index (χ4v) is 2.11. The highest BCUT2D eigenvalue weighted by Gasteiger charge is 2.13. The number of halogens is 1. The first-order chi connectivity index (χ1) is 9.13. The lowest BCUT2D eigenvalue weighted by Crippen LogP contribution is -2.29. The molecule has 0 aromatic heterocycles. The van der Waals surface area contributed by atoms with Crippen molar-refractivity contribution in [2.24, 2.45) is 5.84 Å². The summed E-state index contributed by atoms with van der Waals surface area (Å²) in [6.07, 6.45) is 0. The Morgan fingerprint density at radius 2 is 1.79 bits per heavy atom. The summed E-state index contributed by atoms with van der Waals surface area (Å²) in [5.74, 6) is 6.12. The Morgan fingerprint density at radius 1 is 1.11 bits per heavy atom. The first-order valence-corrected chi connectivity index (χ1v) is 6.01. The normalized spacial score (nSPS) is 12.2. The van der Waals surface area contributed by atoms with Crippen molar-refractivity contribution in [2.45, 2.75) is 13.0 Å². The van der Waals surface area contributed by atoms with Crippen molar-refractivity contribution in [2.75, 3.05) is 7.11 Å². The number of benzene rings is 2.